The van der Waals surface area contributed by atoms with E-state index in [1.165, 1.54) is 11.1 Å². The molecule has 0 atom stereocenters. The van der Waals surface area contributed by atoms with Gasteiger partial charge in [-0.1, -0.05) is 29.8 Å². The molecule has 1 amide bonds. The van der Waals surface area contributed by atoms with Crippen LogP contribution >= 0.6 is 11.3 Å². The van der Waals surface area contributed by atoms with Crippen molar-refractivity contribution >= 4 is 17.2 Å². The molecule has 1 saturated heterocycles. The Hall–Kier alpha value is -2.44. The van der Waals surface area contributed by atoms with Gasteiger partial charge in [-0.2, -0.15) is 11.3 Å². The Balaban J connectivity index is 1.24. The zero-order valence-corrected chi connectivity index (χ0v) is 17.0. The Morgan fingerprint density at radius 1 is 1.14 bits per heavy atom. The molecule has 3 heterocycles. The third-order valence-corrected chi connectivity index (χ3v) is 5.89. The first-order valence-corrected chi connectivity index (χ1v) is 10.6. The normalized spacial score (nSPS) is 15.1. The van der Waals surface area contributed by atoms with E-state index in [-0.39, 0.29) is 5.91 Å². The highest BCUT2D eigenvalue weighted by Gasteiger charge is 2.21. The number of rotatable bonds is 6. The predicted octanol–water partition coefficient (Wildman–Crippen LogP) is 3.99. The molecule has 5 nitrogen and oxygen atoms in total. The van der Waals surface area contributed by atoms with Crippen LogP contribution in [0.5, 0.6) is 0 Å². The molecule has 2 aromatic heterocycles. The molecule has 1 aliphatic heterocycles. The summed E-state index contributed by atoms with van der Waals surface area (Å²) >= 11 is 1.73. The molecule has 0 aliphatic carbocycles. The first-order valence-electron chi connectivity index (χ1n) is 9.70. The maximum atomic E-state index is 12.5. The van der Waals surface area contributed by atoms with E-state index in [9.17, 15) is 4.79 Å². The number of hydrogen-bond acceptors (Lipinski definition) is 5. The molecule has 1 aliphatic rings. The van der Waals surface area contributed by atoms with Gasteiger partial charge in [-0.15, -0.1) is 0 Å². The molecule has 0 spiro atoms. The molecule has 0 bridgehead atoms. The van der Waals surface area contributed by atoms with Crippen molar-refractivity contribution in [3.8, 4) is 11.3 Å². The Morgan fingerprint density at radius 2 is 1.93 bits per heavy atom. The lowest BCUT2D eigenvalue weighted by molar-refractivity contribution is -0.133. The fraction of sp³-hybridized carbons (Fsp3) is 0.364. The van der Waals surface area contributed by atoms with E-state index in [0.29, 0.717) is 18.7 Å². The van der Waals surface area contributed by atoms with Crippen molar-refractivity contribution in [2.24, 2.45) is 0 Å². The molecule has 1 aromatic carbocycles. The molecule has 0 unspecified atom stereocenters. The monoisotopic (exact) mass is 395 g/mol. The van der Waals surface area contributed by atoms with Crippen LogP contribution in [0.1, 0.15) is 23.4 Å². The van der Waals surface area contributed by atoms with Crippen LogP contribution in [-0.4, -0.2) is 46.9 Å². The lowest BCUT2D eigenvalue weighted by atomic mass is 10.1. The van der Waals surface area contributed by atoms with Gasteiger partial charge in [0.1, 0.15) is 0 Å². The average Bonchev–Trinajstić information content (AvgIpc) is 3.39. The number of amides is 1. The highest BCUT2D eigenvalue weighted by Crippen LogP contribution is 2.21. The number of benzene rings is 1. The molecule has 4 rings (SSSR count). The van der Waals surface area contributed by atoms with Gasteiger partial charge in [0, 0.05) is 51.1 Å². The van der Waals surface area contributed by atoms with Gasteiger partial charge in [-0.25, -0.2) is 4.98 Å². The lowest BCUT2D eigenvalue weighted by Gasteiger charge is -2.34. The highest BCUT2D eigenvalue weighted by atomic mass is 32.1. The molecule has 1 fully saturated rings. The number of aromatic nitrogens is 1. The fourth-order valence-electron chi connectivity index (χ4n) is 3.45. The third kappa shape index (κ3) is 4.69. The van der Waals surface area contributed by atoms with Crippen molar-refractivity contribution in [3.05, 3.63) is 64.3 Å². The summed E-state index contributed by atoms with van der Waals surface area (Å²) in [5, 5.41) is 4.31. The van der Waals surface area contributed by atoms with Crippen LogP contribution in [0.3, 0.4) is 0 Å². The SMILES string of the molecule is Cc1ccc(-c2cnc(CCC(=O)N3CCN(Cc4ccsc4)CC3)o2)cc1. The minimum Gasteiger partial charge on any atom is -0.441 e. The largest absolute Gasteiger partial charge is 0.441 e. The maximum absolute atomic E-state index is 12.5. The molecule has 146 valence electrons. The van der Waals surface area contributed by atoms with Crippen LogP contribution in [0.15, 0.2) is 51.7 Å². The van der Waals surface area contributed by atoms with Crippen molar-refractivity contribution in [2.75, 3.05) is 26.2 Å². The summed E-state index contributed by atoms with van der Waals surface area (Å²) < 4.78 is 5.83. The number of oxazole rings is 1. The summed E-state index contributed by atoms with van der Waals surface area (Å²) in [5.41, 5.74) is 3.58. The van der Waals surface area contributed by atoms with Crippen LogP contribution < -0.4 is 0 Å². The van der Waals surface area contributed by atoms with Crippen molar-refractivity contribution in [1.82, 2.24) is 14.8 Å². The Labute approximate surface area is 169 Å². The summed E-state index contributed by atoms with van der Waals surface area (Å²) in [6.07, 6.45) is 2.73. The summed E-state index contributed by atoms with van der Waals surface area (Å²) in [4.78, 5) is 21.3. The molecular formula is C22H25N3O2S. The topological polar surface area (TPSA) is 49.6 Å². The van der Waals surface area contributed by atoms with Gasteiger partial charge in [-0.3, -0.25) is 9.69 Å². The Kier molecular flexibility index (Phi) is 5.88. The maximum Gasteiger partial charge on any atom is 0.223 e. The van der Waals surface area contributed by atoms with Crippen molar-refractivity contribution in [3.63, 3.8) is 0 Å². The molecule has 28 heavy (non-hydrogen) atoms. The standard InChI is InChI=1S/C22H25N3O2S/c1-17-2-4-19(5-3-17)20-14-23-21(27-20)6-7-22(26)25-11-9-24(10-12-25)15-18-8-13-28-16-18/h2-5,8,13-14,16H,6-7,9-12,15H2,1H3. The molecule has 0 radical (unpaired) electrons. The van der Waals surface area contributed by atoms with Gasteiger partial charge in [-0.05, 0) is 29.3 Å². The first kappa shape index (κ1) is 18.9. The van der Waals surface area contributed by atoms with Gasteiger partial charge in [0.15, 0.2) is 11.7 Å². The number of carbonyl (C=O) groups is 1. The summed E-state index contributed by atoms with van der Waals surface area (Å²) in [6.45, 7) is 6.48. The van der Waals surface area contributed by atoms with E-state index in [4.69, 9.17) is 4.42 Å². The van der Waals surface area contributed by atoms with Crippen molar-refractivity contribution in [1.29, 1.82) is 0 Å². The molecular weight excluding hydrogens is 370 g/mol. The van der Waals surface area contributed by atoms with Crippen molar-refractivity contribution < 1.29 is 9.21 Å². The second kappa shape index (κ2) is 8.71. The smallest absolute Gasteiger partial charge is 0.223 e. The minimum atomic E-state index is 0.185. The van der Waals surface area contributed by atoms with Crippen LogP contribution in [0, 0.1) is 6.92 Å². The molecule has 0 saturated carbocycles. The van der Waals surface area contributed by atoms with Crippen LogP contribution in [-0.2, 0) is 17.8 Å². The minimum absolute atomic E-state index is 0.185. The van der Waals surface area contributed by atoms with Crippen LogP contribution in [0.2, 0.25) is 0 Å². The van der Waals surface area contributed by atoms with E-state index in [0.717, 1.165) is 44.0 Å². The summed E-state index contributed by atoms with van der Waals surface area (Å²) in [5.74, 6) is 1.56. The Bertz CT molecular complexity index is 894. The van der Waals surface area contributed by atoms with Gasteiger partial charge < -0.3 is 9.32 Å². The number of piperazine rings is 1. The number of carbonyl (C=O) groups excluding carboxylic acids is 1. The summed E-state index contributed by atoms with van der Waals surface area (Å²) in [6, 6.07) is 10.3. The van der Waals surface area contributed by atoms with Gasteiger partial charge in [0.25, 0.3) is 0 Å². The zero-order chi connectivity index (χ0) is 19.3. The highest BCUT2D eigenvalue weighted by molar-refractivity contribution is 7.07. The number of hydrogen-bond donors (Lipinski definition) is 0. The number of thiophene rings is 1. The molecule has 3 aromatic rings. The van der Waals surface area contributed by atoms with E-state index in [1.807, 2.05) is 17.0 Å². The van der Waals surface area contributed by atoms with Gasteiger partial charge in [0.2, 0.25) is 5.91 Å². The first-order chi connectivity index (χ1) is 13.7. The van der Waals surface area contributed by atoms with E-state index < -0.39 is 0 Å². The second-order valence-corrected chi connectivity index (χ2v) is 8.05. The molecule has 0 N–H and O–H groups in total. The van der Waals surface area contributed by atoms with Crippen LogP contribution in [0.4, 0.5) is 0 Å². The van der Waals surface area contributed by atoms with Gasteiger partial charge >= 0.3 is 0 Å². The quantitative estimate of drug-likeness (QED) is 0.633. The zero-order valence-electron chi connectivity index (χ0n) is 16.1. The number of nitrogens with zero attached hydrogens (tertiary/aromatic N) is 3. The third-order valence-electron chi connectivity index (χ3n) is 5.15. The molecule has 6 heteroatoms. The average molecular weight is 396 g/mol. The number of aryl methyl sites for hydroxylation is 2. The van der Waals surface area contributed by atoms with E-state index in [1.54, 1.807) is 17.5 Å². The lowest BCUT2D eigenvalue weighted by Crippen LogP contribution is -2.48. The Morgan fingerprint density at radius 3 is 2.64 bits per heavy atom. The van der Waals surface area contributed by atoms with E-state index in [2.05, 4.69) is 45.8 Å². The van der Waals surface area contributed by atoms with Crippen molar-refractivity contribution in [2.45, 2.75) is 26.3 Å². The fourth-order valence-corrected chi connectivity index (χ4v) is 4.11. The van der Waals surface area contributed by atoms with Crippen LogP contribution in [0.25, 0.3) is 11.3 Å². The van der Waals surface area contributed by atoms with Gasteiger partial charge in [0.05, 0.1) is 6.20 Å². The second-order valence-electron chi connectivity index (χ2n) is 7.27. The van der Waals surface area contributed by atoms with E-state index >= 15 is 0 Å². The predicted molar refractivity (Wildman–Crippen MR) is 111 cm³/mol. The summed E-state index contributed by atoms with van der Waals surface area (Å²) in [7, 11) is 0.